The van der Waals surface area contributed by atoms with E-state index in [1.807, 2.05) is 13.8 Å². The van der Waals surface area contributed by atoms with Crippen molar-refractivity contribution in [2.45, 2.75) is 39.7 Å². The van der Waals surface area contributed by atoms with Gasteiger partial charge in [0.1, 0.15) is 0 Å². The smallest absolute Gasteiger partial charge is 0.338 e. The summed E-state index contributed by atoms with van der Waals surface area (Å²) in [6.07, 6.45) is 1.84. The van der Waals surface area contributed by atoms with Gasteiger partial charge < -0.3 is 15.4 Å². The number of esters is 1. The molecular weight excluding hydrogens is 284 g/mol. The van der Waals surface area contributed by atoms with Gasteiger partial charge in [-0.2, -0.15) is 0 Å². The van der Waals surface area contributed by atoms with Gasteiger partial charge in [-0.15, -0.1) is 0 Å². The largest absolute Gasteiger partial charge is 0.452 e. The van der Waals surface area contributed by atoms with Gasteiger partial charge in [0.15, 0.2) is 6.61 Å². The van der Waals surface area contributed by atoms with Crippen molar-refractivity contribution in [3.05, 3.63) is 29.8 Å². The summed E-state index contributed by atoms with van der Waals surface area (Å²) in [4.78, 5) is 34.5. The van der Waals surface area contributed by atoms with Gasteiger partial charge >= 0.3 is 5.97 Å². The van der Waals surface area contributed by atoms with Gasteiger partial charge in [-0.25, -0.2) is 4.79 Å². The molecule has 0 heterocycles. The van der Waals surface area contributed by atoms with E-state index in [0.717, 1.165) is 12.8 Å². The predicted octanol–water partition coefficient (Wildman–Crippen LogP) is 2.11. The molecule has 0 saturated carbocycles. The molecule has 0 aliphatic heterocycles. The van der Waals surface area contributed by atoms with E-state index in [1.54, 1.807) is 18.2 Å². The number of rotatable bonds is 7. The van der Waals surface area contributed by atoms with E-state index in [4.69, 9.17) is 4.74 Å². The summed E-state index contributed by atoms with van der Waals surface area (Å²) in [6, 6.07) is 6.41. The third-order valence-electron chi connectivity index (χ3n) is 2.88. The van der Waals surface area contributed by atoms with Crippen LogP contribution < -0.4 is 10.6 Å². The minimum absolute atomic E-state index is 0.0549. The maximum Gasteiger partial charge on any atom is 0.338 e. The van der Waals surface area contributed by atoms with Gasteiger partial charge in [0, 0.05) is 18.7 Å². The summed E-state index contributed by atoms with van der Waals surface area (Å²) in [5, 5.41) is 5.33. The molecule has 0 aromatic heterocycles. The average Bonchev–Trinajstić information content (AvgIpc) is 2.44. The molecule has 0 fully saturated rings. The van der Waals surface area contributed by atoms with Crippen LogP contribution in [0.5, 0.6) is 0 Å². The van der Waals surface area contributed by atoms with Gasteiger partial charge in [-0.3, -0.25) is 9.59 Å². The topological polar surface area (TPSA) is 84.5 Å². The van der Waals surface area contributed by atoms with E-state index in [1.165, 1.54) is 13.0 Å². The van der Waals surface area contributed by atoms with Crippen LogP contribution in [0.25, 0.3) is 0 Å². The summed E-state index contributed by atoms with van der Waals surface area (Å²) in [5.41, 5.74) is 0.781. The third kappa shape index (κ3) is 6.39. The minimum atomic E-state index is -0.606. The van der Waals surface area contributed by atoms with Crippen molar-refractivity contribution in [2.24, 2.45) is 0 Å². The Labute approximate surface area is 130 Å². The summed E-state index contributed by atoms with van der Waals surface area (Å²) in [6.45, 7) is 4.99. The van der Waals surface area contributed by atoms with Crippen molar-refractivity contribution in [3.8, 4) is 0 Å². The van der Waals surface area contributed by atoms with Crippen LogP contribution in [-0.4, -0.2) is 30.4 Å². The molecule has 0 radical (unpaired) electrons. The van der Waals surface area contributed by atoms with Crippen molar-refractivity contribution in [3.63, 3.8) is 0 Å². The van der Waals surface area contributed by atoms with Gasteiger partial charge in [0.05, 0.1) is 5.56 Å². The number of benzene rings is 1. The van der Waals surface area contributed by atoms with E-state index in [9.17, 15) is 14.4 Å². The fourth-order valence-corrected chi connectivity index (χ4v) is 1.96. The monoisotopic (exact) mass is 306 g/mol. The molecule has 1 atom stereocenters. The highest BCUT2D eigenvalue weighted by Crippen LogP contribution is 2.11. The lowest BCUT2D eigenvalue weighted by Crippen LogP contribution is -2.35. The highest BCUT2D eigenvalue weighted by molar-refractivity contribution is 5.94. The molecule has 1 aromatic carbocycles. The number of carbonyl (C=O) groups is 3. The zero-order valence-electron chi connectivity index (χ0n) is 13.1. The van der Waals surface area contributed by atoms with Crippen LogP contribution >= 0.6 is 0 Å². The molecule has 6 nitrogen and oxygen atoms in total. The lowest BCUT2D eigenvalue weighted by molar-refractivity contribution is -0.124. The number of hydrogen-bond acceptors (Lipinski definition) is 4. The standard InChI is InChI=1S/C16H22N2O4/c1-4-6-11(2)17-15(20)10-22-16(21)13-7-5-8-14(9-13)18-12(3)19/h5,7-9,11H,4,6,10H2,1-3H3,(H,17,20)(H,18,19)/t11-/m0/s1. The van der Waals surface area contributed by atoms with E-state index < -0.39 is 5.97 Å². The average molecular weight is 306 g/mol. The van der Waals surface area contributed by atoms with Crippen molar-refractivity contribution in [1.82, 2.24) is 5.32 Å². The molecule has 1 rings (SSSR count). The molecule has 0 bridgehead atoms. The van der Waals surface area contributed by atoms with Crippen molar-refractivity contribution in [1.29, 1.82) is 0 Å². The first-order valence-corrected chi connectivity index (χ1v) is 7.26. The molecule has 120 valence electrons. The Bertz CT molecular complexity index is 543. The fourth-order valence-electron chi connectivity index (χ4n) is 1.96. The summed E-state index contributed by atoms with van der Waals surface area (Å²) in [5.74, 6) is -1.16. The third-order valence-corrected chi connectivity index (χ3v) is 2.88. The zero-order chi connectivity index (χ0) is 16.5. The molecule has 0 aliphatic rings. The van der Waals surface area contributed by atoms with Crippen LogP contribution in [0.4, 0.5) is 5.69 Å². The SMILES string of the molecule is CCC[C@H](C)NC(=O)COC(=O)c1cccc(NC(C)=O)c1. The number of nitrogens with one attached hydrogen (secondary N) is 2. The Morgan fingerprint density at radius 2 is 2.00 bits per heavy atom. The summed E-state index contributed by atoms with van der Waals surface area (Å²) >= 11 is 0. The normalized spacial score (nSPS) is 11.4. The van der Waals surface area contributed by atoms with E-state index in [-0.39, 0.29) is 30.0 Å². The number of amides is 2. The molecule has 2 amide bonds. The molecule has 0 unspecified atom stereocenters. The van der Waals surface area contributed by atoms with Crippen LogP contribution in [0.1, 0.15) is 44.0 Å². The maximum atomic E-state index is 11.9. The zero-order valence-corrected chi connectivity index (χ0v) is 13.1. The summed E-state index contributed by atoms with van der Waals surface area (Å²) in [7, 11) is 0. The Balaban J connectivity index is 2.51. The lowest BCUT2D eigenvalue weighted by Gasteiger charge is -2.12. The summed E-state index contributed by atoms with van der Waals surface area (Å²) < 4.78 is 4.97. The molecule has 0 aliphatic carbocycles. The number of hydrogen-bond donors (Lipinski definition) is 2. The van der Waals surface area contributed by atoms with Crippen molar-refractivity contribution in [2.75, 3.05) is 11.9 Å². The Hall–Kier alpha value is -2.37. The Kier molecular flexibility index (Phi) is 7.08. The van der Waals surface area contributed by atoms with Crippen LogP contribution in [-0.2, 0) is 14.3 Å². The second-order valence-corrected chi connectivity index (χ2v) is 5.10. The van der Waals surface area contributed by atoms with Crippen LogP contribution in [0.15, 0.2) is 24.3 Å². The van der Waals surface area contributed by atoms with E-state index >= 15 is 0 Å². The van der Waals surface area contributed by atoms with Crippen LogP contribution in [0.2, 0.25) is 0 Å². The Morgan fingerprint density at radius 3 is 2.64 bits per heavy atom. The quantitative estimate of drug-likeness (QED) is 0.756. The van der Waals surface area contributed by atoms with Crippen molar-refractivity contribution >= 4 is 23.5 Å². The number of anilines is 1. The van der Waals surface area contributed by atoms with Crippen LogP contribution in [0.3, 0.4) is 0 Å². The van der Waals surface area contributed by atoms with E-state index in [0.29, 0.717) is 5.69 Å². The lowest BCUT2D eigenvalue weighted by atomic mass is 10.2. The maximum absolute atomic E-state index is 11.9. The van der Waals surface area contributed by atoms with Gasteiger partial charge in [-0.05, 0) is 31.5 Å². The first kappa shape index (κ1) is 17.7. The Morgan fingerprint density at radius 1 is 1.27 bits per heavy atom. The predicted molar refractivity (Wildman–Crippen MR) is 83.5 cm³/mol. The molecule has 0 spiro atoms. The number of ether oxygens (including phenoxy) is 1. The molecule has 2 N–H and O–H groups in total. The second-order valence-electron chi connectivity index (χ2n) is 5.10. The molecule has 1 aromatic rings. The van der Waals surface area contributed by atoms with Gasteiger partial charge in [0.25, 0.3) is 5.91 Å². The van der Waals surface area contributed by atoms with Gasteiger partial charge in [0.2, 0.25) is 5.91 Å². The fraction of sp³-hybridized carbons (Fsp3) is 0.438. The van der Waals surface area contributed by atoms with Gasteiger partial charge in [-0.1, -0.05) is 19.4 Å². The van der Waals surface area contributed by atoms with Crippen molar-refractivity contribution < 1.29 is 19.1 Å². The minimum Gasteiger partial charge on any atom is -0.452 e. The molecule has 6 heteroatoms. The highest BCUT2D eigenvalue weighted by atomic mass is 16.5. The number of carbonyl (C=O) groups excluding carboxylic acids is 3. The highest BCUT2D eigenvalue weighted by Gasteiger charge is 2.12. The first-order chi connectivity index (χ1) is 10.4. The van der Waals surface area contributed by atoms with Crippen LogP contribution in [0, 0.1) is 0 Å². The molecular formula is C16H22N2O4. The van der Waals surface area contributed by atoms with E-state index in [2.05, 4.69) is 10.6 Å². The molecule has 22 heavy (non-hydrogen) atoms. The second kappa shape index (κ2) is 8.81. The first-order valence-electron chi connectivity index (χ1n) is 7.26. The molecule has 0 saturated heterocycles.